The summed E-state index contributed by atoms with van der Waals surface area (Å²) < 4.78 is 5.29. The monoisotopic (exact) mass is 303 g/mol. The normalized spacial score (nSPS) is 17.9. The molecule has 1 unspecified atom stereocenters. The van der Waals surface area contributed by atoms with Crippen LogP contribution in [0.15, 0.2) is 30.3 Å². The Morgan fingerprint density at radius 2 is 1.91 bits per heavy atom. The Bertz CT molecular complexity index is 541. The van der Waals surface area contributed by atoms with Gasteiger partial charge < -0.3 is 9.64 Å². The van der Waals surface area contributed by atoms with Crippen molar-refractivity contribution in [3.05, 3.63) is 35.9 Å². The molecule has 1 amide bonds. The molecular formula is C17H21NO4. The molecule has 1 fully saturated rings. The second-order valence-electron chi connectivity index (χ2n) is 5.38. The summed E-state index contributed by atoms with van der Waals surface area (Å²) in [5.74, 6) is -1.37. The van der Waals surface area contributed by atoms with Crippen molar-refractivity contribution in [3.8, 4) is 0 Å². The molecule has 0 saturated carbocycles. The fourth-order valence-corrected chi connectivity index (χ4v) is 2.51. The Labute approximate surface area is 130 Å². The summed E-state index contributed by atoms with van der Waals surface area (Å²) in [4.78, 5) is 37.4. The van der Waals surface area contributed by atoms with Gasteiger partial charge in [0.2, 0.25) is 5.78 Å². The second kappa shape index (κ2) is 7.73. The number of carbonyl (C=O) groups is 3. The largest absolute Gasteiger partial charge is 0.441 e. The highest BCUT2D eigenvalue weighted by molar-refractivity contribution is 6.36. The van der Waals surface area contributed by atoms with Gasteiger partial charge in [-0.05, 0) is 18.4 Å². The molecule has 1 heterocycles. The summed E-state index contributed by atoms with van der Waals surface area (Å²) in [5.41, 5.74) is 0.806. The summed E-state index contributed by atoms with van der Waals surface area (Å²) in [7, 11) is 0. The van der Waals surface area contributed by atoms with Crippen LogP contribution in [0.2, 0.25) is 0 Å². The highest BCUT2D eigenvalue weighted by atomic mass is 16.6. The first-order valence-corrected chi connectivity index (χ1v) is 7.69. The molecule has 0 aliphatic carbocycles. The molecule has 0 radical (unpaired) electrons. The number of amides is 1. The van der Waals surface area contributed by atoms with Gasteiger partial charge in [0.1, 0.15) is 0 Å². The number of esters is 1. The van der Waals surface area contributed by atoms with Gasteiger partial charge in [-0.15, -0.1) is 0 Å². The summed E-state index contributed by atoms with van der Waals surface area (Å²) in [6.07, 6.45) is 2.04. The van der Waals surface area contributed by atoms with E-state index in [4.69, 9.17) is 4.74 Å². The van der Waals surface area contributed by atoms with Crippen LogP contribution < -0.4 is 0 Å². The van der Waals surface area contributed by atoms with Crippen LogP contribution in [-0.4, -0.2) is 35.3 Å². The van der Waals surface area contributed by atoms with Crippen molar-refractivity contribution in [3.63, 3.8) is 0 Å². The molecule has 0 aromatic heterocycles. The quantitative estimate of drug-likeness (QED) is 0.617. The summed E-state index contributed by atoms with van der Waals surface area (Å²) in [5, 5.41) is 0. The molecule has 118 valence electrons. The van der Waals surface area contributed by atoms with Gasteiger partial charge in [-0.1, -0.05) is 37.3 Å². The lowest BCUT2D eigenvalue weighted by atomic mass is 10.1. The Morgan fingerprint density at radius 3 is 2.59 bits per heavy atom. The van der Waals surface area contributed by atoms with Crippen LogP contribution in [0, 0.1) is 0 Å². The lowest BCUT2D eigenvalue weighted by molar-refractivity contribution is -0.170. The number of likely N-dealkylation sites (tertiary alicyclic amines) is 1. The second-order valence-corrected chi connectivity index (χ2v) is 5.38. The minimum atomic E-state index is -0.603. The standard InChI is InChI=1S/C17H21NO4/c1-2-16(20)22-15-10-6-7-11-18(15)17(21)14(19)12-13-8-4-3-5-9-13/h3-5,8-9,15H,2,6-7,10-12H2,1H3. The third-order valence-electron chi connectivity index (χ3n) is 3.71. The lowest BCUT2D eigenvalue weighted by Crippen LogP contribution is -2.49. The van der Waals surface area contributed by atoms with Gasteiger partial charge in [0, 0.05) is 25.8 Å². The van der Waals surface area contributed by atoms with Crippen LogP contribution in [0.1, 0.15) is 38.2 Å². The van der Waals surface area contributed by atoms with E-state index in [0.717, 1.165) is 18.4 Å². The van der Waals surface area contributed by atoms with Gasteiger partial charge in [-0.25, -0.2) is 0 Å². The number of Topliss-reactive ketones (excluding diaryl/α,β-unsaturated/α-hetero) is 1. The van der Waals surface area contributed by atoms with Gasteiger partial charge in [-0.2, -0.15) is 0 Å². The number of piperidine rings is 1. The fourth-order valence-electron chi connectivity index (χ4n) is 2.51. The molecule has 22 heavy (non-hydrogen) atoms. The molecule has 5 nitrogen and oxygen atoms in total. The molecule has 1 aliphatic heterocycles. The van der Waals surface area contributed by atoms with Crippen LogP contribution in [0.3, 0.4) is 0 Å². The van der Waals surface area contributed by atoms with Gasteiger partial charge in [0.15, 0.2) is 6.23 Å². The lowest BCUT2D eigenvalue weighted by Gasteiger charge is -2.34. The molecule has 5 heteroatoms. The summed E-state index contributed by atoms with van der Waals surface area (Å²) in [6.45, 7) is 2.17. The maximum atomic E-state index is 12.4. The van der Waals surface area contributed by atoms with Crippen molar-refractivity contribution in [1.82, 2.24) is 4.90 Å². The number of carbonyl (C=O) groups excluding carboxylic acids is 3. The van der Waals surface area contributed by atoms with E-state index in [-0.39, 0.29) is 18.8 Å². The molecule has 0 N–H and O–H groups in total. The van der Waals surface area contributed by atoms with Crippen molar-refractivity contribution < 1.29 is 19.1 Å². The number of ether oxygens (including phenoxy) is 1. The number of ketones is 1. The van der Waals surface area contributed by atoms with Gasteiger partial charge in [0.05, 0.1) is 0 Å². The van der Waals surface area contributed by atoms with E-state index in [9.17, 15) is 14.4 Å². The third kappa shape index (κ3) is 4.16. The zero-order valence-corrected chi connectivity index (χ0v) is 12.8. The minimum Gasteiger partial charge on any atom is -0.441 e. The van der Waals surface area contributed by atoms with E-state index in [1.165, 1.54) is 4.90 Å². The topological polar surface area (TPSA) is 63.7 Å². The smallest absolute Gasteiger partial charge is 0.307 e. The first-order valence-electron chi connectivity index (χ1n) is 7.69. The van der Waals surface area contributed by atoms with E-state index in [2.05, 4.69) is 0 Å². The highest BCUT2D eigenvalue weighted by Crippen LogP contribution is 2.19. The highest BCUT2D eigenvalue weighted by Gasteiger charge is 2.32. The Balaban J connectivity index is 2.01. The number of hydrogen-bond acceptors (Lipinski definition) is 4. The molecule has 1 aliphatic rings. The molecule has 1 atom stereocenters. The van der Waals surface area contributed by atoms with Gasteiger partial charge in [0.25, 0.3) is 5.91 Å². The minimum absolute atomic E-state index is 0.0740. The van der Waals surface area contributed by atoms with Crippen molar-refractivity contribution >= 4 is 17.7 Å². The SMILES string of the molecule is CCC(=O)OC1CCCCN1C(=O)C(=O)Cc1ccccc1. The van der Waals surface area contributed by atoms with Crippen LogP contribution in [0.25, 0.3) is 0 Å². The van der Waals surface area contributed by atoms with Gasteiger partial charge in [-0.3, -0.25) is 14.4 Å². The molecular weight excluding hydrogens is 282 g/mol. The first-order chi connectivity index (χ1) is 10.6. The van der Waals surface area contributed by atoms with Crippen LogP contribution in [0.5, 0.6) is 0 Å². The fraction of sp³-hybridized carbons (Fsp3) is 0.471. The van der Waals surface area contributed by atoms with Crippen LogP contribution >= 0.6 is 0 Å². The predicted octanol–water partition coefficient (Wildman–Crippen LogP) is 2.09. The van der Waals surface area contributed by atoms with E-state index in [1.54, 1.807) is 6.92 Å². The van der Waals surface area contributed by atoms with E-state index in [1.807, 2.05) is 30.3 Å². The molecule has 0 bridgehead atoms. The van der Waals surface area contributed by atoms with E-state index >= 15 is 0 Å². The van der Waals surface area contributed by atoms with Gasteiger partial charge >= 0.3 is 5.97 Å². The number of rotatable bonds is 5. The van der Waals surface area contributed by atoms with Crippen molar-refractivity contribution in [2.45, 2.75) is 45.3 Å². The van der Waals surface area contributed by atoms with Crippen LogP contribution in [0.4, 0.5) is 0 Å². The number of hydrogen-bond donors (Lipinski definition) is 0. The predicted molar refractivity (Wildman–Crippen MR) is 80.9 cm³/mol. The molecule has 1 aromatic carbocycles. The van der Waals surface area contributed by atoms with Crippen LogP contribution in [-0.2, 0) is 25.5 Å². The molecule has 1 aromatic rings. The summed E-state index contributed by atoms with van der Waals surface area (Å²) in [6, 6.07) is 9.16. The van der Waals surface area contributed by atoms with Crippen molar-refractivity contribution in [1.29, 1.82) is 0 Å². The zero-order valence-electron chi connectivity index (χ0n) is 12.8. The average Bonchev–Trinajstić information content (AvgIpc) is 2.55. The first kappa shape index (κ1) is 16.2. The van der Waals surface area contributed by atoms with E-state index in [0.29, 0.717) is 13.0 Å². The Hall–Kier alpha value is -2.17. The average molecular weight is 303 g/mol. The Morgan fingerprint density at radius 1 is 1.18 bits per heavy atom. The molecule has 1 saturated heterocycles. The number of benzene rings is 1. The third-order valence-corrected chi connectivity index (χ3v) is 3.71. The van der Waals surface area contributed by atoms with E-state index < -0.39 is 17.9 Å². The summed E-state index contributed by atoms with van der Waals surface area (Å²) >= 11 is 0. The Kier molecular flexibility index (Phi) is 5.69. The maximum Gasteiger partial charge on any atom is 0.307 e. The number of nitrogens with zero attached hydrogens (tertiary/aromatic N) is 1. The van der Waals surface area contributed by atoms with Crippen molar-refractivity contribution in [2.75, 3.05) is 6.54 Å². The molecule has 0 spiro atoms. The maximum absolute atomic E-state index is 12.4. The zero-order chi connectivity index (χ0) is 15.9. The van der Waals surface area contributed by atoms with Crippen molar-refractivity contribution in [2.24, 2.45) is 0 Å². The molecule has 2 rings (SSSR count).